The summed E-state index contributed by atoms with van der Waals surface area (Å²) in [5.74, 6) is -0.478. The molecule has 0 aliphatic rings. The van der Waals surface area contributed by atoms with E-state index in [1.165, 1.54) is 18.2 Å². The molecule has 0 heterocycles. The van der Waals surface area contributed by atoms with Crippen LogP contribution in [0.3, 0.4) is 0 Å². The van der Waals surface area contributed by atoms with Crippen molar-refractivity contribution in [2.24, 2.45) is 0 Å². The molecule has 2 aromatic carbocycles. The van der Waals surface area contributed by atoms with E-state index in [4.69, 9.17) is 0 Å². The molecule has 0 bridgehead atoms. The number of aryl methyl sites for hydroxylation is 1. The van der Waals surface area contributed by atoms with Crippen molar-refractivity contribution in [1.29, 1.82) is 0 Å². The van der Waals surface area contributed by atoms with Crippen LogP contribution in [0, 0.1) is 18.6 Å². The lowest BCUT2D eigenvalue weighted by Gasteiger charge is -2.21. The van der Waals surface area contributed by atoms with E-state index in [-0.39, 0.29) is 17.7 Å². The molecular formula is C17H18BrF2N. The molecule has 0 aliphatic carbocycles. The summed E-state index contributed by atoms with van der Waals surface area (Å²) in [4.78, 5) is 0. The summed E-state index contributed by atoms with van der Waals surface area (Å²) in [5.41, 5.74) is 2.52. The Hall–Kier alpha value is -1.26. The predicted molar refractivity (Wildman–Crippen MR) is 85.4 cm³/mol. The number of rotatable bonds is 5. The van der Waals surface area contributed by atoms with Gasteiger partial charge in [-0.3, -0.25) is 0 Å². The highest BCUT2D eigenvalue weighted by atomic mass is 79.9. The first-order valence-electron chi connectivity index (χ1n) is 6.94. The highest BCUT2D eigenvalue weighted by Gasteiger charge is 2.16. The second-order valence-electron chi connectivity index (χ2n) is 5.05. The molecule has 0 aromatic heterocycles. The first-order chi connectivity index (χ1) is 10.0. The standard InChI is InChI=1S/C17H18BrF2N/c1-3-21-17(15-7-6-14(19)8-11(15)2)9-12-4-5-13(18)10-16(12)20/h4-8,10,17,21H,3,9H2,1-2H3. The first kappa shape index (κ1) is 16.1. The summed E-state index contributed by atoms with van der Waals surface area (Å²) in [6.07, 6.45) is 0.527. The Kier molecular flexibility index (Phi) is 5.48. The molecule has 1 unspecified atom stereocenters. The molecule has 0 fully saturated rings. The predicted octanol–water partition coefficient (Wildman–Crippen LogP) is 4.93. The third-order valence-corrected chi connectivity index (χ3v) is 3.99. The van der Waals surface area contributed by atoms with Gasteiger partial charge in [-0.1, -0.05) is 35.0 Å². The van der Waals surface area contributed by atoms with Gasteiger partial charge in [0.15, 0.2) is 0 Å². The van der Waals surface area contributed by atoms with Crippen LogP contribution in [0.5, 0.6) is 0 Å². The van der Waals surface area contributed by atoms with E-state index in [0.717, 1.165) is 22.1 Å². The Balaban J connectivity index is 2.30. The molecule has 0 saturated carbocycles. The third-order valence-electron chi connectivity index (χ3n) is 3.50. The van der Waals surface area contributed by atoms with E-state index < -0.39 is 0 Å². The molecule has 0 radical (unpaired) electrons. The maximum Gasteiger partial charge on any atom is 0.127 e. The van der Waals surface area contributed by atoms with Crippen molar-refractivity contribution in [1.82, 2.24) is 5.32 Å². The zero-order chi connectivity index (χ0) is 15.4. The molecule has 0 aliphatic heterocycles. The molecule has 0 amide bonds. The van der Waals surface area contributed by atoms with Crippen molar-refractivity contribution in [2.75, 3.05) is 6.54 Å². The molecule has 1 atom stereocenters. The second kappa shape index (κ2) is 7.14. The highest BCUT2D eigenvalue weighted by molar-refractivity contribution is 9.10. The molecule has 1 N–H and O–H groups in total. The fraction of sp³-hybridized carbons (Fsp3) is 0.294. The summed E-state index contributed by atoms with van der Waals surface area (Å²) >= 11 is 3.26. The number of nitrogens with one attached hydrogen (secondary N) is 1. The van der Waals surface area contributed by atoms with Gasteiger partial charge in [0.1, 0.15) is 11.6 Å². The minimum atomic E-state index is -0.249. The summed E-state index contributed by atoms with van der Waals surface area (Å²) in [6.45, 7) is 4.64. The lowest BCUT2D eigenvalue weighted by Crippen LogP contribution is -2.24. The van der Waals surface area contributed by atoms with Gasteiger partial charge < -0.3 is 5.32 Å². The van der Waals surface area contributed by atoms with Crippen LogP contribution in [0.25, 0.3) is 0 Å². The van der Waals surface area contributed by atoms with Gasteiger partial charge in [0.25, 0.3) is 0 Å². The lowest BCUT2D eigenvalue weighted by atomic mass is 9.95. The van der Waals surface area contributed by atoms with E-state index in [1.807, 2.05) is 19.9 Å². The highest BCUT2D eigenvalue weighted by Crippen LogP contribution is 2.25. The molecule has 21 heavy (non-hydrogen) atoms. The zero-order valence-electron chi connectivity index (χ0n) is 12.1. The van der Waals surface area contributed by atoms with E-state index in [1.54, 1.807) is 12.1 Å². The zero-order valence-corrected chi connectivity index (χ0v) is 13.7. The molecule has 4 heteroatoms. The SMILES string of the molecule is CCNC(Cc1ccc(Br)cc1F)c1ccc(F)cc1C. The monoisotopic (exact) mass is 353 g/mol. The number of likely N-dealkylation sites (N-methyl/N-ethyl adjacent to an activating group) is 1. The summed E-state index contributed by atoms with van der Waals surface area (Å²) in [7, 11) is 0. The van der Waals surface area contributed by atoms with Crippen LogP contribution in [-0.4, -0.2) is 6.54 Å². The van der Waals surface area contributed by atoms with Crippen molar-refractivity contribution in [3.8, 4) is 0 Å². The molecule has 0 saturated heterocycles. The van der Waals surface area contributed by atoms with Gasteiger partial charge >= 0.3 is 0 Å². The number of halogens is 3. The van der Waals surface area contributed by atoms with Gasteiger partial charge in [-0.05, 0) is 60.8 Å². The summed E-state index contributed by atoms with van der Waals surface area (Å²) in [5, 5.41) is 3.35. The van der Waals surface area contributed by atoms with E-state index in [0.29, 0.717) is 12.0 Å². The fourth-order valence-corrected chi connectivity index (χ4v) is 2.81. The topological polar surface area (TPSA) is 12.0 Å². The minimum Gasteiger partial charge on any atom is -0.310 e. The van der Waals surface area contributed by atoms with Crippen LogP contribution in [0.15, 0.2) is 40.9 Å². The molecule has 2 aromatic rings. The maximum atomic E-state index is 14.0. The average molecular weight is 354 g/mol. The van der Waals surface area contributed by atoms with Gasteiger partial charge in [0, 0.05) is 10.5 Å². The van der Waals surface area contributed by atoms with Crippen LogP contribution in [0.1, 0.15) is 29.7 Å². The molecule has 2 rings (SSSR count). The minimum absolute atomic E-state index is 0.0359. The van der Waals surface area contributed by atoms with Crippen molar-refractivity contribution in [3.63, 3.8) is 0 Å². The average Bonchev–Trinajstić information content (AvgIpc) is 2.41. The molecular weight excluding hydrogens is 336 g/mol. The van der Waals surface area contributed by atoms with Crippen LogP contribution < -0.4 is 5.32 Å². The third kappa shape index (κ3) is 4.11. The molecule has 1 nitrogen and oxygen atoms in total. The van der Waals surface area contributed by atoms with Gasteiger partial charge in [-0.2, -0.15) is 0 Å². The van der Waals surface area contributed by atoms with E-state index >= 15 is 0 Å². The molecule has 112 valence electrons. The number of benzene rings is 2. The Morgan fingerprint density at radius 1 is 1.14 bits per heavy atom. The lowest BCUT2D eigenvalue weighted by molar-refractivity contribution is 0.524. The van der Waals surface area contributed by atoms with Crippen molar-refractivity contribution >= 4 is 15.9 Å². The van der Waals surface area contributed by atoms with Gasteiger partial charge in [-0.25, -0.2) is 8.78 Å². The van der Waals surface area contributed by atoms with Crippen LogP contribution in [-0.2, 0) is 6.42 Å². The Morgan fingerprint density at radius 2 is 1.90 bits per heavy atom. The van der Waals surface area contributed by atoms with Crippen molar-refractivity contribution in [3.05, 3.63) is 69.2 Å². The van der Waals surface area contributed by atoms with Crippen molar-refractivity contribution in [2.45, 2.75) is 26.3 Å². The number of hydrogen-bond acceptors (Lipinski definition) is 1. The largest absolute Gasteiger partial charge is 0.310 e. The summed E-state index contributed by atoms with van der Waals surface area (Å²) in [6, 6.07) is 9.78. The Bertz CT molecular complexity index is 628. The smallest absolute Gasteiger partial charge is 0.127 e. The summed E-state index contributed by atoms with van der Waals surface area (Å²) < 4.78 is 28.0. The van der Waals surface area contributed by atoms with E-state index in [2.05, 4.69) is 21.2 Å². The van der Waals surface area contributed by atoms with Gasteiger partial charge in [-0.15, -0.1) is 0 Å². The first-order valence-corrected chi connectivity index (χ1v) is 7.74. The normalized spacial score (nSPS) is 12.4. The van der Waals surface area contributed by atoms with Gasteiger partial charge in [0.05, 0.1) is 0 Å². The molecule has 0 spiro atoms. The Labute approximate surface area is 132 Å². The van der Waals surface area contributed by atoms with Crippen LogP contribution in [0.4, 0.5) is 8.78 Å². The fourth-order valence-electron chi connectivity index (χ4n) is 2.48. The van der Waals surface area contributed by atoms with Crippen LogP contribution in [0.2, 0.25) is 0 Å². The van der Waals surface area contributed by atoms with Crippen LogP contribution >= 0.6 is 15.9 Å². The maximum absolute atomic E-state index is 14.0. The van der Waals surface area contributed by atoms with Gasteiger partial charge in [0.2, 0.25) is 0 Å². The van der Waals surface area contributed by atoms with E-state index in [9.17, 15) is 8.78 Å². The quantitative estimate of drug-likeness (QED) is 0.803. The number of hydrogen-bond donors (Lipinski definition) is 1. The Morgan fingerprint density at radius 3 is 2.52 bits per heavy atom. The second-order valence-corrected chi connectivity index (χ2v) is 5.97. The van der Waals surface area contributed by atoms with Crippen molar-refractivity contribution < 1.29 is 8.78 Å².